The predicted octanol–water partition coefficient (Wildman–Crippen LogP) is 2.60. The van der Waals surface area contributed by atoms with Crippen molar-refractivity contribution in [2.45, 2.75) is 6.42 Å². The maximum atomic E-state index is 12.1. The van der Waals surface area contributed by atoms with Crippen LogP contribution in [0.15, 0.2) is 47.2 Å². The topological polar surface area (TPSA) is 115 Å². The van der Waals surface area contributed by atoms with Gasteiger partial charge < -0.3 is 15.4 Å². The van der Waals surface area contributed by atoms with Gasteiger partial charge in [0, 0.05) is 24.0 Å². The number of carbonyl (C=O) groups is 3. The van der Waals surface area contributed by atoms with Gasteiger partial charge in [-0.2, -0.15) is 4.98 Å². The van der Waals surface area contributed by atoms with Crippen molar-refractivity contribution in [2.24, 2.45) is 0 Å². The molecule has 4 aromatic rings. The highest BCUT2D eigenvalue weighted by atomic mass is 32.1. The molecule has 4 rings (SSSR count). The minimum Gasteiger partial charge on any atom is -0.465 e. The first-order valence-corrected chi connectivity index (χ1v) is 11.0. The Morgan fingerprint density at radius 2 is 1.90 bits per heavy atom. The molecule has 3 heterocycles. The quantitative estimate of drug-likeness (QED) is 0.341. The minimum absolute atomic E-state index is 0.271. The molecule has 9 nitrogen and oxygen atoms in total. The van der Waals surface area contributed by atoms with Crippen LogP contribution >= 0.6 is 22.7 Å². The Bertz CT molecular complexity index is 1230. The van der Waals surface area contributed by atoms with E-state index in [4.69, 9.17) is 0 Å². The van der Waals surface area contributed by atoms with Crippen LogP contribution in [0.3, 0.4) is 0 Å². The summed E-state index contributed by atoms with van der Waals surface area (Å²) in [5, 5.41) is 13.5. The maximum Gasteiger partial charge on any atom is 0.337 e. The molecular weight excluding hydrogens is 438 g/mol. The molecule has 3 aromatic heterocycles. The highest BCUT2D eigenvalue weighted by Crippen LogP contribution is 2.24. The van der Waals surface area contributed by atoms with Crippen LogP contribution in [0.1, 0.15) is 16.1 Å². The van der Waals surface area contributed by atoms with Gasteiger partial charge in [-0.05, 0) is 35.7 Å². The Kier molecular flexibility index (Phi) is 6.05. The SMILES string of the molecule is COC(=O)c1ccc(NC(=O)C(=O)NCCc2csc3nc(-c4cccs4)nn23)cc1. The molecule has 2 N–H and O–H groups in total. The van der Waals surface area contributed by atoms with E-state index in [0.717, 1.165) is 15.5 Å². The number of rotatable bonds is 6. The number of benzene rings is 1. The van der Waals surface area contributed by atoms with Crippen LogP contribution in [-0.2, 0) is 20.7 Å². The lowest BCUT2D eigenvalue weighted by Gasteiger charge is -2.07. The fourth-order valence-corrected chi connectivity index (χ4v) is 4.30. The van der Waals surface area contributed by atoms with E-state index in [1.165, 1.54) is 42.7 Å². The number of anilines is 1. The third kappa shape index (κ3) is 4.62. The molecule has 0 radical (unpaired) electrons. The van der Waals surface area contributed by atoms with Crippen molar-refractivity contribution < 1.29 is 19.1 Å². The van der Waals surface area contributed by atoms with Crippen LogP contribution in [0.5, 0.6) is 0 Å². The number of thiophene rings is 1. The van der Waals surface area contributed by atoms with E-state index >= 15 is 0 Å². The number of methoxy groups -OCH3 is 1. The third-order valence-electron chi connectivity index (χ3n) is 4.33. The molecular formula is C20H17N5O4S2. The van der Waals surface area contributed by atoms with E-state index in [0.29, 0.717) is 23.5 Å². The summed E-state index contributed by atoms with van der Waals surface area (Å²) in [5.74, 6) is -1.35. The van der Waals surface area contributed by atoms with Gasteiger partial charge in [-0.1, -0.05) is 6.07 Å². The highest BCUT2D eigenvalue weighted by Gasteiger charge is 2.15. The number of hydrogen-bond donors (Lipinski definition) is 2. The average molecular weight is 456 g/mol. The van der Waals surface area contributed by atoms with Crippen LogP contribution in [0, 0.1) is 0 Å². The summed E-state index contributed by atoms with van der Waals surface area (Å²) in [6, 6.07) is 9.97. The van der Waals surface area contributed by atoms with Gasteiger partial charge >= 0.3 is 17.8 Å². The summed E-state index contributed by atoms with van der Waals surface area (Å²) in [6.45, 7) is 0.271. The normalized spacial score (nSPS) is 10.7. The predicted molar refractivity (Wildman–Crippen MR) is 117 cm³/mol. The number of ether oxygens (including phenoxy) is 1. The van der Waals surface area contributed by atoms with Gasteiger partial charge in [-0.25, -0.2) is 9.31 Å². The van der Waals surface area contributed by atoms with Gasteiger partial charge in [0.1, 0.15) is 0 Å². The Morgan fingerprint density at radius 1 is 1.10 bits per heavy atom. The third-order valence-corrected chi connectivity index (χ3v) is 6.06. The number of nitrogens with one attached hydrogen (secondary N) is 2. The van der Waals surface area contributed by atoms with E-state index in [2.05, 4.69) is 25.5 Å². The van der Waals surface area contributed by atoms with Crippen molar-refractivity contribution in [3.05, 3.63) is 58.4 Å². The highest BCUT2D eigenvalue weighted by molar-refractivity contribution is 7.15. The largest absolute Gasteiger partial charge is 0.465 e. The van der Waals surface area contributed by atoms with E-state index < -0.39 is 17.8 Å². The van der Waals surface area contributed by atoms with Crippen molar-refractivity contribution >= 4 is 51.1 Å². The number of fused-ring (bicyclic) bond motifs is 1. The summed E-state index contributed by atoms with van der Waals surface area (Å²) >= 11 is 3.04. The number of carbonyl (C=O) groups excluding carboxylic acids is 3. The monoisotopic (exact) mass is 455 g/mol. The maximum absolute atomic E-state index is 12.1. The molecule has 0 bridgehead atoms. The lowest BCUT2D eigenvalue weighted by Crippen LogP contribution is -2.36. The molecule has 0 fully saturated rings. The van der Waals surface area contributed by atoms with E-state index in [1.807, 2.05) is 22.9 Å². The van der Waals surface area contributed by atoms with Gasteiger partial charge in [-0.15, -0.1) is 27.8 Å². The van der Waals surface area contributed by atoms with Crippen LogP contribution < -0.4 is 10.6 Å². The lowest BCUT2D eigenvalue weighted by atomic mass is 10.2. The number of nitrogens with zero attached hydrogens (tertiary/aromatic N) is 3. The van der Waals surface area contributed by atoms with Crippen molar-refractivity contribution in [2.75, 3.05) is 19.0 Å². The zero-order valence-corrected chi connectivity index (χ0v) is 18.0. The molecule has 0 atom stereocenters. The van der Waals surface area contributed by atoms with E-state index in [-0.39, 0.29) is 6.54 Å². The van der Waals surface area contributed by atoms with Gasteiger partial charge in [0.2, 0.25) is 4.96 Å². The molecule has 0 unspecified atom stereocenters. The second-order valence-corrected chi connectivity index (χ2v) is 8.15. The zero-order valence-electron chi connectivity index (χ0n) is 16.3. The number of esters is 1. The van der Waals surface area contributed by atoms with Crippen molar-refractivity contribution in [1.29, 1.82) is 0 Å². The molecule has 0 saturated carbocycles. The second-order valence-electron chi connectivity index (χ2n) is 6.36. The first-order valence-electron chi connectivity index (χ1n) is 9.19. The lowest BCUT2D eigenvalue weighted by molar-refractivity contribution is -0.136. The molecule has 31 heavy (non-hydrogen) atoms. The molecule has 0 saturated heterocycles. The van der Waals surface area contributed by atoms with Crippen molar-refractivity contribution in [3.8, 4) is 10.7 Å². The fraction of sp³-hybridized carbons (Fsp3) is 0.150. The first kappa shape index (κ1) is 20.7. The Morgan fingerprint density at radius 3 is 2.61 bits per heavy atom. The van der Waals surface area contributed by atoms with E-state index in [9.17, 15) is 14.4 Å². The molecule has 0 aliphatic carbocycles. The Balaban J connectivity index is 1.30. The Hall–Kier alpha value is -3.57. The van der Waals surface area contributed by atoms with Crippen LogP contribution in [0.4, 0.5) is 5.69 Å². The fourth-order valence-electron chi connectivity index (χ4n) is 2.79. The summed E-state index contributed by atoms with van der Waals surface area (Å²) in [6.07, 6.45) is 0.500. The first-order chi connectivity index (χ1) is 15.0. The average Bonchev–Trinajstić information content (AvgIpc) is 3.51. The zero-order chi connectivity index (χ0) is 21.8. The summed E-state index contributed by atoms with van der Waals surface area (Å²) in [4.78, 5) is 41.9. The summed E-state index contributed by atoms with van der Waals surface area (Å²) in [7, 11) is 1.29. The van der Waals surface area contributed by atoms with Crippen molar-refractivity contribution in [3.63, 3.8) is 0 Å². The molecule has 0 aliphatic heterocycles. The smallest absolute Gasteiger partial charge is 0.337 e. The van der Waals surface area contributed by atoms with Crippen molar-refractivity contribution in [1.82, 2.24) is 19.9 Å². The molecule has 2 amide bonds. The van der Waals surface area contributed by atoms with Crippen LogP contribution in [0.2, 0.25) is 0 Å². The molecule has 0 aliphatic rings. The second kappa shape index (κ2) is 9.06. The Labute approximate surface area is 184 Å². The van der Waals surface area contributed by atoms with Crippen LogP contribution in [-0.4, -0.2) is 46.0 Å². The van der Waals surface area contributed by atoms with Gasteiger partial charge in [0.25, 0.3) is 0 Å². The number of aromatic nitrogens is 3. The van der Waals surface area contributed by atoms with E-state index in [1.54, 1.807) is 15.9 Å². The standard InChI is InChI=1S/C20H17N5O4S2/c1-29-19(28)12-4-6-13(7-5-12)22-18(27)17(26)21-9-8-14-11-31-20-23-16(24-25(14)20)15-3-2-10-30-15/h2-7,10-11H,8-9H2,1H3,(H,21,26)(H,22,27). The minimum atomic E-state index is -0.790. The van der Waals surface area contributed by atoms with Gasteiger partial charge in [0.05, 0.1) is 23.2 Å². The number of thiazole rings is 1. The molecule has 1 aromatic carbocycles. The number of hydrogen-bond acceptors (Lipinski definition) is 8. The molecule has 158 valence electrons. The molecule has 0 spiro atoms. The van der Waals surface area contributed by atoms with Crippen LogP contribution in [0.25, 0.3) is 15.7 Å². The summed E-state index contributed by atoms with van der Waals surface area (Å²) < 4.78 is 6.38. The van der Waals surface area contributed by atoms with Gasteiger partial charge in [-0.3, -0.25) is 9.59 Å². The summed E-state index contributed by atoms with van der Waals surface area (Å²) in [5.41, 5.74) is 1.65. The number of amides is 2. The molecule has 11 heteroatoms. The van der Waals surface area contributed by atoms with Gasteiger partial charge in [0.15, 0.2) is 5.82 Å².